The highest BCUT2D eigenvalue weighted by Gasteiger charge is 2.25. The second kappa shape index (κ2) is 19.7. The molecule has 0 saturated heterocycles. The Morgan fingerprint density at radius 1 is 0.645 bits per heavy atom. The second-order valence-electron chi connectivity index (χ2n) is 13.2. The number of carboxylic acids is 1. The van der Waals surface area contributed by atoms with Crippen molar-refractivity contribution in [3.63, 3.8) is 0 Å². The van der Waals surface area contributed by atoms with Gasteiger partial charge in [-0.05, 0) is 103 Å². The summed E-state index contributed by atoms with van der Waals surface area (Å²) in [5.74, 6) is -6.63. The number of nitrogens with one attached hydrogen (secondary N) is 5. The SMILES string of the molecule is COc1c(NC(=O)c2ccc(NC(=O)c3ccc(NC(=O)[C@H](CC#N)NC(=O)c4ccc(NC(=O)C(C)=Cc5ccc(O)cc5)cc4)cc3)c(OC)c2O)ccc(C(=O)O)c1O. The number of rotatable bonds is 15. The lowest BCUT2D eigenvalue weighted by molar-refractivity contribution is -0.118. The number of methoxy groups -OCH3 is 2. The van der Waals surface area contributed by atoms with Crippen molar-refractivity contribution in [2.75, 3.05) is 35.5 Å². The van der Waals surface area contributed by atoms with E-state index < -0.39 is 52.7 Å². The van der Waals surface area contributed by atoms with Gasteiger partial charge >= 0.3 is 5.97 Å². The Morgan fingerprint density at radius 2 is 1.15 bits per heavy atom. The van der Waals surface area contributed by atoms with Gasteiger partial charge in [0.05, 0.1) is 43.6 Å². The molecule has 5 rings (SSSR count). The van der Waals surface area contributed by atoms with Gasteiger partial charge in [0.2, 0.25) is 5.91 Å². The van der Waals surface area contributed by atoms with Crippen LogP contribution in [0.4, 0.5) is 22.7 Å². The Bertz CT molecular complexity index is 2620. The van der Waals surface area contributed by atoms with Crippen LogP contribution >= 0.6 is 0 Å². The van der Waals surface area contributed by atoms with Crippen LogP contribution in [0, 0.1) is 11.3 Å². The summed E-state index contributed by atoms with van der Waals surface area (Å²) in [4.78, 5) is 76.5. The molecule has 0 fully saturated rings. The first-order chi connectivity index (χ1) is 29.6. The smallest absolute Gasteiger partial charge is 0.339 e. The molecule has 0 aromatic heterocycles. The van der Waals surface area contributed by atoms with E-state index in [1.165, 1.54) is 86.0 Å². The summed E-state index contributed by atoms with van der Waals surface area (Å²) in [6, 6.07) is 23.1. The molecule has 9 N–H and O–H groups in total. The second-order valence-corrected chi connectivity index (χ2v) is 13.2. The monoisotopic (exact) mass is 842 g/mol. The number of nitriles is 1. The van der Waals surface area contributed by atoms with E-state index in [9.17, 15) is 54.5 Å². The minimum Gasteiger partial charge on any atom is -0.508 e. The molecule has 0 radical (unpaired) electrons. The summed E-state index contributed by atoms with van der Waals surface area (Å²) in [6.45, 7) is 1.62. The molecule has 0 aliphatic rings. The van der Waals surface area contributed by atoms with Gasteiger partial charge in [-0.15, -0.1) is 0 Å². The zero-order chi connectivity index (χ0) is 45.1. The van der Waals surface area contributed by atoms with Crippen LogP contribution in [0.15, 0.2) is 103 Å². The highest BCUT2D eigenvalue weighted by molar-refractivity contribution is 6.11. The standard InChI is InChI=1S/C44H38N6O12/c1-23(22-24-4-14-29(51)15-5-24)39(54)46-27-10-6-26(7-11-27)41(56)50-34(20-21-45)43(58)47-28-12-8-25(9-13-28)40(55)48-32-18-16-30(35(52)37(32)61-2)42(57)49-33-19-17-31(44(59)60)36(53)38(33)62-3/h4-19,22,34,51-53H,20H2,1-3H3,(H,46,54)(H,47,58)(H,48,55)(H,49,57)(H,50,56)(H,59,60)/t34-/m0/s1. The van der Waals surface area contributed by atoms with Crippen LogP contribution in [-0.4, -0.2) is 76.2 Å². The van der Waals surface area contributed by atoms with Crippen LogP contribution < -0.4 is 36.1 Å². The first kappa shape index (κ1) is 44.3. The van der Waals surface area contributed by atoms with Gasteiger partial charge in [0.25, 0.3) is 23.6 Å². The van der Waals surface area contributed by atoms with E-state index in [0.29, 0.717) is 16.8 Å². The van der Waals surface area contributed by atoms with Crippen molar-refractivity contribution in [3.8, 4) is 34.8 Å². The number of aromatic carboxylic acids is 1. The largest absolute Gasteiger partial charge is 0.508 e. The summed E-state index contributed by atoms with van der Waals surface area (Å²) in [5.41, 5.74) is 1.11. The number of nitrogens with zero attached hydrogens (tertiary/aromatic N) is 1. The number of phenolic OH excluding ortho intramolecular Hbond substituents is 2. The number of hydrogen-bond acceptors (Lipinski definition) is 12. The van der Waals surface area contributed by atoms with E-state index in [1.807, 2.05) is 6.07 Å². The number of carbonyl (C=O) groups is 6. The average molecular weight is 843 g/mol. The van der Waals surface area contributed by atoms with E-state index in [0.717, 1.165) is 13.2 Å². The molecule has 5 aromatic rings. The van der Waals surface area contributed by atoms with Crippen molar-refractivity contribution in [2.45, 2.75) is 19.4 Å². The normalized spacial score (nSPS) is 11.2. The average Bonchev–Trinajstić information content (AvgIpc) is 3.24. The molecule has 0 aliphatic carbocycles. The topological polar surface area (TPSA) is 286 Å². The lowest BCUT2D eigenvalue weighted by Gasteiger charge is -2.17. The van der Waals surface area contributed by atoms with Gasteiger partial charge in [0.15, 0.2) is 23.0 Å². The molecule has 5 aromatic carbocycles. The molecule has 0 spiro atoms. The lowest BCUT2D eigenvalue weighted by atomic mass is 10.1. The van der Waals surface area contributed by atoms with E-state index in [1.54, 1.807) is 25.1 Å². The number of ether oxygens (including phenoxy) is 2. The summed E-state index contributed by atoms with van der Waals surface area (Å²) in [7, 11) is 2.35. The van der Waals surface area contributed by atoms with Gasteiger partial charge in [-0.1, -0.05) is 12.1 Å². The van der Waals surface area contributed by atoms with E-state index in [-0.39, 0.29) is 63.3 Å². The molecule has 0 unspecified atom stereocenters. The number of phenols is 3. The van der Waals surface area contributed by atoms with E-state index in [2.05, 4.69) is 26.6 Å². The Kier molecular flexibility index (Phi) is 14.1. The van der Waals surface area contributed by atoms with Crippen molar-refractivity contribution in [2.24, 2.45) is 0 Å². The number of anilines is 4. The summed E-state index contributed by atoms with van der Waals surface area (Å²) >= 11 is 0. The Morgan fingerprint density at radius 3 is 1.68 bits per heavy atom. The van der Waals surface area contributed by atoms with Crippen LogP contribution in [0.25, 0.3) is 6.08 Å². The van der Waals surface area contributed by atoms with Gasteiger partial charge in [0.1, 0.15) is 17.4 Å². The quantitative estimate of drug-likeness (QED) is 0.0571. The van der Waals surface area contributed by atoms with Crippen LogP contribution in [0.2, 0.25) is 0 Å². The molecular formula is C44H38N6O12. The van der Waals surface area contributed by atoms with Gasteiger partial charge in [0, 0.05) is 28.1 Å². The Labute approximate surface area is 353 Å². The summed E-state index contributed by atoms with van der Waals surface area (Å²) in [6.07, 6.45) is 1.27. The Hall–Kier alpha value is -8.85. The van der Waals surface area contributed by atoms with Crippen molar-refractivity contribution in [1.29, 1.82) is 5.26 Å². The summed E-state index contributed by atoms with van der Waals surface area (Å²) < 4.78 is 10.3. The molecule has 18 nitrogen and oxygen atoms in total. The molecule has 316 valence electrons. The predicted molar refractivity (Wildman–Crippen MR) is 226 cm³/mol. The highest BCUT2D eigenvalue weighted by Crippen LogP contribution is 2.40. The maximum absolute atomic E-state index is 13.2. The van der Waals surface area contributed by atoms with Crippen molar-refractivity contribution >= 4 is 64.3 Å². The fraction of sp³-hybridized carbons (Fsp3) is 0.114. The number of aromatic hydroxyl groups is 3. The minimum atomic E-state index is -1.43. The van der Waals surface area contributed by atoms with E-state index >= 15 is 0 Å². The van der Waals surface area contributed by atoms with Crippen LogP contribution in [0.3, 0.4) is 0 Å². The number of benzene rings is 5. The summed E-state index contributed by atoms with van der Waals surface area (Å²) in [5, 5.41) is 62.1. The molecule has 0 heterocycles. The first-order valence-electron chi connectivity index (χ1n) is 18.3. The van der Waals surface area contributed by atoms with Crippen molar-refractivity contribution in [3.05, 3.63) is 130 Å². The van der Waals surface area contributed by atoms with E-state index in [4.69, 9.17) is 9.47 Å². The lowest BCUT2D eigenvalue weighted by Crippen LogP contribution is -2.43. The molecule has 62 heavy (non-hydrogen) atoms. The maximum atomic E-state index is 13.2. The van der Waals surface area contributed by atoms with Crippen molar-refractivity contribution < 1.29 is 58.7 Å². The molecule has 1 atom stereocenters. The van der Waals surface area contributed by atoms with Crippen LogP contribution in [0.1, 0.15) is 60.3 Å². The first-order valence-corrected chi connectivity index (χ1v) is 18.3. The van der Waals surface area contributed by atoms with Crippen LogP contribution in [-0.2, 0) is 9.59 Å². The number of carbonyl (C=O) groups excluding carboxylic acids is 5. The van der Waals surface area contributed by atoms with Crippen LogP contribution in [0.5, 0.6) is 28.7 Å². The predicted octanol–water partition coefficient (Wildman–Crippen LogP) is 5.72. The fourth-order valence-electron chi connectivity index (χ4n) is 5.79. The zero-order valence-electron chi connectivity index (χ0n) is 33.1. The van der Waals surface area contributed by atoms with Gasteiger partial charge < -0.3 is 56.5 Å². The third kappa shape index (κ3) is 10.6. The third-order valence-corrected chi connectivity index (χ3v) is 9.01. The van der Waals surface area contributed by atoms with Gasteiger partial charge in [-0.2, -0.15) is 5.26 Å². The van der Waals surface area contributed by atoms with Gasteiger partial charge in [-0.25, -0.2) is 4.79 Å². The molecule has 0 bridgehead atoms. The zero-order valence-corrected chi connectivity index (χ0v) is 33.1. The Balaban J connectivity index is 1.18. The fourth-order valence-corrected chi connectivity index (χ4v) is 5.79. The highest BCUT2D eigenvalue weighted by atomic mass is 16.5. The minimum absolute atomic E-state index is 0.0198. The van der Waals surface area contributed by atoms with Gasteiger partial charge in [-0.3, -0.25) is 24.0 Å². The molecule has 0 aliphatic heterocycles. The number of amides is 5. The molecule has 0 saturated carbocycles. The molecule has 5 amide bonds. The molecule has 18 heteroatoms. The number of carboxylic acid groups (broad SMARTS) is 1. The maximum Gasteiger partial charge on any atom is 0.339 e. The molecular weight excluding hydrogens is 805 g/mol. The third-order valence-electron chi connectivity index (χ3n) is 9.01. The number of hydrogen-bond donors (Lipinski definition) is 9. The van der Waals surface area contributed by atoms with Crippen molar-refractivity contribution in [1.82, 2.24) is 5.32 Å².